The van der Waals surface area contributed by atoms with Crippen LogP contribution in [0.5, 0.6) is 0 Å². The molecule has 0 spiro atoms. The Hall–Kier alpha value is -4.54. The molecule has 0 bridgehead atoms. The van der Waals surface area contributed by atoms with Gasteiger partial charge in [-0.1, -0.05) is 0 Å². The number of aliphatic hydroxyl groups excluding tert-OH is 2. The van der Waals surface area contributed by atoms with Gasteiger partial charge in [0, 0.05) is 177 Å². The minimum absolute atomic E-state index is 0.00672. The molecular weight excluding hydrogens is 1460 g/mol. The smallest absolute Gasteiger partial charge is 0.427 e. The van der Waals surface area contributed by atoms with Crippen molar-refractivity contribution in [2.24, 2.45) is 22.9 Å². The Morgan fingerprint density at radius 1 is 0.604 bits per heavy atom. The molecule has 0 aromatic carbocycles. The highest BCUT2D eigenvalue weighted by molar-refractivity contribution is 8.61. The van der Waals surface area contributed by atoms with Gasteiger partial charge in [0.1, 0.15) is 28.5 Å². The first-order valence-electron chi connectivity index (χ1n) is 41.4. The number of rotatable bonds is 26. The summed E-state index contributed by atoms with van der Waals surface area (Å²) in [6, 6.07) is 2.49. The summed E-state index contributed by atoms with van der Waals surface area (Å²) >= 11 is 0. The molecule has 14 N–H and O–H groups in total. The second-order valence-electron chi connectivity index (χ2n) is 35.3. The van der Waals surface area contributed by atoms with Crippen LogP contribution in [0.3, 0.4) is 0 Å². The molecule has 17 heterocycles. The summed E-state index contributed by atoms with van der Waals surface area (Å²) < 4.78 is 21.4. The molecule has 0 aliphatic carbocycles. The van der Waals surface area contributed by atoms with Crippen molar-refractivity contribution in [3.8, 4) is 6.07 Å². The zero-order chi connectivity index (χ0) is 78.4. The summed E-state index contributed by atoms with van der Waals surface area (Å²) in [5.41, 5.74) is 10.7. The van der Waals surface area contributed by atoms with Gasteiger partial charge in [-0.15, -0.1) is 5.01 Å². The number of aliphatic hydroxyl groups is 4. The van der Waals surface area contributed by atoms with Crippen molar-refractivity contribution in [3.05, 3.63) is 0 Å². The molecular formula is C71H122N24O15S. The lowest BCUT2D eigenvalue weighted by molar-refractivity contribution is -0.431. The van der Waals surface area contributed by atoms with E-state index in [4.69, 9.17) is 42.1 Å². The topological polar surface area (TPSA) is 439 Å². The van der Waals surface area contributed by atoms with Gasteiger partial charge in [0.25, 0.3) is 45.8 Å². The number of carboxylic acids is 1. The number of ether oxygens (including phenoxy) is 2. The largest absolute Gasteiger partial charge is 0.479 e. The van der Waals surface area contributed by atoms with Gasteiger partial charge in [-0.3, -0.25) is 76.9 Å². The van der Waals surface area contributed by atoms with Crippen molar-refractivity contribution in [1.82, 2.24) is 92.5 Å². The lowest BCUT2D eigenvalue weighted by Crippen LogP contribution is -2.98. The average molecular weight is 1580 g/mol. The molecule has 17 saturated heterocycles. The highest BCUT2D eigenvalue weighted by atomic mass is 32.4. The number of nitrogens with two attached hydrogens (primary N) is 4. The number of aliphatic carboxylic acids is 1. The van der Waals surface area contributed by atoms with Gasteiger partial charge >= 0.3 is 17.2 Å². The summed E-state index contributed by atoms with van der Waals surface area (Å²) in [5, 5.41) is 95.2. The van der Waals surface area contributed by atoms with Crippen molar-refractivity contribution >= 4 is 44.5 Å². The normalized spacial score (nSPS) is 42.5. The number of hydrazine groups is 2. The number of nitriles is 1. The molecule has 5 amide bonds. The molecule has 11 unspecified atom stereocenters. The Kier molecular flexibility index (Phi) is 18.8. The monoisotopic (exact) mass is 1580 g/mol. The fourth-order valence-electron chi connectivity index (χ4n) is 24.0. The number of carbonyl (C=O) groups excluding carboxylic acids is 5. The van der Waals surface area contributed by atoms with E-state index in [0.29, 0.717) is 70.6 Å². The van der Waals surface area contributed by atoms with Gasteiger partial charge in [-0.05, 0) is 152 Å². The van der Waals surface area contributed by atoms with E-state index in [1.807, 2.05) is 9.80 Å². The van der Waals surface area contributed by atoms with E-state index in [1.165, 1.54) is 16.8 Å². The van der Waals surface area contributed by atoms with Crippen LogP contribution in [-0.4, -0.2) is 418 Å². The summed E-state index contributed by atoms with van der Waals surface area (Å²) in [6.07, 6.45) is 4.89. The van der Waals surface area contributed by atoms with E-state index < -0.39 is 144 Å². The van der Waals surface area contributed by atoms with Gasteiger partial charge in [-0.2, -0.15) is 30.3 Å². The fourth-order valence-corrected chi connectivity index (χ4v) is 35.9. The highest BCUT2D eigenvalue weighted by Gasteiger charge is 3.11. The molecule has 40 heteroatoms. The molecule has 11 atom stereocenters. The van der Waals surface area contributed by atoms with Crippen molar-refractivity contribution in [2.75, 3.05) is 202 Å². The third-order valence-corrected chi connectivity index (χ3v) is 39.5. The lowest BCUT2D eigenvalue weighted by Gasteiger charge is -2.96. The first-order valence-corrected chi connectivity index (χ1v) is 43.9. The Labute approximate surface area is 648 Å². The predicted molar refractivity (Wildman–Crippen MR) is 397 cm³/mol. The number of nitrogens with one attached hydrogen (secondary N) is 1. The third kappa shape index (κ3) is 8.41. The Balaban J connectivity index is 1.24. The van der Waals surface area contributed by atoms with Crippen LogP contribution in [0.2, 0.25) is 0 Å². The first-order chi connectivity index (χ1) is 53.1. The van der Waals surface area contributed by atoms with Crippen LogP contribution in [0.1, 0.15) is 137 Å². The zero-order valence-electron chi connectivity index (χ0n) is 65.5. The van der Waals surface area contributed by atoms with Gasteiger partial charge < -0.3 is 52.8 Å². The van der Waals surface area contributed by atoms with Gasteiger partial charge in [-0.25, -0.2) is 29.2 Å². The fraction of sp³-hybridized carbons (Fsp3) is 0.901. The third-order valence-electron chi connectivity index (χ3n) is 29.9. The van der Waals surface area contributed by atoms with Gasteiger partial charge in [0.05, 0.1) is 19.1 Å². The summed E-state index contributed by atoms with van der Waals surface area (Å²) in [7, 11) is -8.11. The number of hydrogen-bond donors (Lipinski definition) is 10. The van der Waals surface area contributed by atoms with Crippen molar-refractivity contribution in [2.45, 2.75) is 204 Å². The van der Waals surface area contributed by atoms with Crippen LogP contribution in [0.15, 0.2) is 0 Å². The summed E-state index contributed by atoms with van der Waals surface area (Å²) in [5.74, 6) is -13.3. The molecule has 0 radical (unpaired) electrons. The molecule has 17 aliphatic rings. The van der Waals surface area contributed by atoms with Gasteiger partial charge in [0.2, 0.25) is 11.8 Å². The van der Waals surface area contributed by atoms with Crippen LogP contribution in [0, 0.1) is 11.3 Å². The second-order valence-corrected chi connectivity index (χ2v) is 41.4. The molecule has 0 aromatic heterocycles. The van der Waals surface area contributed by atoms with E-state index in [1.54, 1.807) is 60.2 Å². The summed E-state index contributed by atoms with van der Waals surface area (Å²) in [4.78, 5) is 140. The van der Waals surface area contributed by atoms with E-state index in [2.05, 4.69) is 24.3 Å². The average Bonchev–Trinajstić information content (AvgIpc) is 1.40. The maximum Gasteiger partial charge on any atom is 0.427 e. The molecule has 17 aliphatic heterocycles. The van der Waals surface area contributed by atoms with Gasteiger partial charge in [0.15, 0.2) is 5.54 Å². The minimum Gasteiger partial charge on any atom is -0.479 e. The molecule has 17 rings (SSSR count). The van der Waals surface area contributed by atoms with Crippen LogP contribution in [0.25, 0.3) is 0 Å². The molecule has 0 saturated carbocycles. The highest BCUT2D eigenvalue weighted by Crippen LogP contribution is 3.11. The van der Waals surface area contributed by atoms with Crippen LogP contribution < -0.4 is 28.3 Å². The number of amides is 5. The standard InChI is InChI=1S/C71H122N24O15S/c1-54(98)77-53-111(88-42-7-8-43-88,89-44-9-10-45-89,90-46-11-12-47-90)68(92(86-38-20-39-86)59(104)107-60(2,3)4,94-64(49-73,80-26-14-27-80)63(105,52-97)62(51-96,79-24-13-25-79)69(94,106)84-34-18-35-84)57(101)91(95-66(58(102)103,82-30-16-31-82)65(50-74,81-28-15-29-81)108-70(95,76)85-36-19-37-85)71(111,110-87-40-21-41-87)93-56(100)61(48-72,78-22-5-6-23-78)67(109-93,55(75)99)83-32-17-33-83/h96-97,105-106H,5-49,51-53,72-73,76H2,1-4H3,(H2,75,99)(H,77,98)(H,102,103). The molecule has 622 valence electrons. The molecule has 111 heavy (non-hydrogen) atoms. The number of primary amides is 1. The first kappa shape index (κ1) is 79.0. The quantitative estimate of drug-likeness (QED) is 0.0388. The Bertz CT molecular complexity index is 3710. The van der Waals surface area contributed by atoms with E-state index in [9.17, 15) is 20.6 Å². The minimum atomic E-state index is -8.11. The number of carbonyl (C=O) groups is 6. The Morgan fingerprint density at radius 2 is 1.07 bits per heavy atom. The maximum absolute atomic E-state index is 22.2. The van der Waals surface area contributed by atoms with Crippen LogP contribution in [-0.2, 0) is 43.1 Å². The van der Waals surface area contributed by atoms with E-state index >= 15 is 39.0 Å². The van der Waals surface area contributed by atoms with Crippen LogP contribution >= 0.6 is 8.85 Å². The molecule has 0 aromatic rings. The van der Waals surface area contributed by atoms with Crippen LogP contribution in [0.4, 0.5) is 4.79 Å². The lowest BCUT2D eigenvalue weighted by atomic mass is 9.69. The Morgan fingerprint density at radius 3 is 1.44 bits per heavy atom. The van der Waals surface area contributed by atoms with E-state index in [0.717, 1.165) is 15.1 Å². The summed E-state index contributed by atoms with van der Waals surface area (Å²) in [6.45, 7) is 1.85. The van der Waals surface area contributed by atoms with Crippen molar-refractivity contribution in [1.29, 1.82) is 5.26 Å². The number of carboxylic acid groups (broad SMARTS) is 1. The second kappa shape index (κ2) is 26.5. The zero-order valence-corrected chi connectivity index (χ0v) is 66.3. The SMILES string of the molecule is CC(=O)NCS1(N2CCCC2)(N2CCCC2)(N2CCCC2)C(ON2CCC2)(N2OC(C(N)=O)(N3CCC3)C(CN)(N3CCCC3)C2=O)N(N2C(N)(N3CCC3)OC(C#N)(N3CCC3)C2(C(=O)O)N2CCC2)C(=O)C1(N(C(=O)OC(C)(C)C)N1CCC1)N1C(O)(N2CCC2)C(CO)(N2CCC2)C(O)(CO)C1(CN)N1CCC1. The number of hydrogen-bond acceptors (Lipinski definition) is 33. The molecule has 39 nitrogen and oxygen atoms in total. The maximum atomic E-state index is 22.2. The van der Waals surface area contributed by atoms with Crippen molar-refractivity contribution < 1.29 is 73.4 Å². The number of hydroxylamine groups is 4. The number of likely N-dealkylation sites (tertiary alicyclic amines) is 9. The van der Waals surface area contributed by atoms with Crippen molar-refractivity contribution in [3.63, 3.8) is 0 Å². The molecule has 17 fully saturated rings. The number of nitrogens with zero attached hydrogens (tertiary/aromatic N) is 19. The van der Waals surface area contributed by atoms with E-state index in [-0.39, 0.29) is 209 Å². The predicted octanol–water partition coefficient (Wildman–Crippen LogP) is -4.83.